The van der Waals surface area contributed by atoms with Crippen molar-refractivity contribution in [2.24, 2.45) is 0 Å². The number of carbonyl (C=O) groups excluding carboxylic acids is 1. The van der Waals surface area contributed by atoms with Gasteiger partial charge in [0.25, 0.3) is 0 Å². The van der Waals surface area contributed by atoms with Gasteiger partial charge in [0.05, 0.1) is 22.1 Å². The highest BCUT2D eigenvalue weighted by Gasteiger charge is 2.19. The number of rotatable bonds is 6. The molecule has 0 saturated carbocycles. The molecule has 6 nitrogen and oxygen atoms in total. The molecule has 0 fully saturated rings. The highest BCUT2D eigenvalue weighted by atomic mass is 32.2. The number of para-hydroxylation sites is 2. The second-order valence-corrected chi connectivity index (χ2v) is 10.6. The van der Waals surface area contributed by atoms with E-state index in [1.165, 1.54) is 0 Å². The molecule has 0 aliphatic heterocycles. The summed E-state index contributed by atoms with van der Waals surface area (Å²) in [5, 5.41) is 4.92. The first-order valence-electron chi connectivity index (χ1n) is 12.9. The maximum Gasteiger partial charge on any atom is 0.326 e. The molecular weight excluding hydrogens is 506 g/mol. The molecule has 0 bridgehead atoms. The van der Waals surface area contributed by atoms with Crippen LogP contribution in [0.3, 0.4) is 0 Å². The molecule has 39 heavy (non-hydrogen) atoms. The fourth-order valence-corrected chi connectivity index (χ4v) is 5.74. The van der Waals surface area contributed by atoms with Gasteiger partial charge in [0, 0.05) is 34.6 Å². The highest BCUT2D eigenvalue weighted by Crippen LogP contribution is 2.27. The number of fused-ring (bicyclic) bond motifs is 4. The van der Waals surface area contributed by atoms with Crippen LogP contribution in [0.25, 0.3) is 43.6 Å². The first-order valence-corrected chi connectivity index (χ1v) is 14.3. The molecule has 2 aromatic heterocycles. The summed E-state index contributed by atoms with van der Waals surface area (Å²) in [5.74, 6) is 0.935. The number of amides is 1. The zero-order valence-electron chi connectivity index (χ0n) is 21.5. The number of hydrogen-bond donors (Lipinski definition) is 1. The van der Waals surface area contributed by atoms with Crippen molar-refractivity contribution < 1.29 is 4.79 Å². The first kappa shape index (κ1) is 24.9. The van der Waals surface area contributed by atoms with E-state index in [4.69, 9.17) is 0 Å². The molecule has 1 N–H and O–H groups in total. The third kappa shape index (κ3) is 4.38. The van der Waals surface area contributed by atoms with Crippen molar-refractivity contribution in [3.8, 4) is 0 Å². The maximum absolute atomic E-state index is 13.8. The summed E-state index contributed by atoms with van der Waals surface area (Å²) < 4.78 is 3.63. The predicted octanol–water partition coefficient (Wildman–Crippen LogP) is 5.98. The molecule has 0 unspecified atom stereocenters. The van der Waals surface area contributed by atoms with Crippen LogP contribution in [0, 0.1) is 0 Å². The van der Waals surface area contributed by atoms with Crippen LogP contribution in [0.2, 0.25) is 0 Å². The molecule has 0 spiro atoms. The van der Waals surface area contributed by atoms with Crippen molar-refractivity contribution in [2.75, 3.05) is 18.6 Å². The standard InChI is InChI=1S/C32H27N3O3S/c1-39-17-9-16-33-32(38)35-27-15-8-6-13-23(27)31(37)25-18-28-24(19-29(25)35)30(36)22-12-5-7-14-26(22)34(28)20-21-10-3-2-4-11-21/h2-8,10-15,18-19H,9,16-17,20H2,1H3,(H,33,38). The van der Waals surface area contributed by atoms with Crippen molar-refractivity contribution in [3.05, 3.63) is 117 Å². The molecule has 6 aromatic rings. The van der Waals surface area contributed by atoms with E-state index in [0.717, 1.165) is 23.3 Å². The van der Waals surface area contributed by atoms with Gasteiger partial charge in [-0.15, -0.1) is 0 Å². The minimum Gasteiger partial charge on any atom is -0.337 e. The third-order valence-electron chi connectivity index (χ3n) is 7.15. The van der Waals surface area contributed by atoms with Crippen molar-refractivity contribution in [3.63, 3.8) is 0 Å². The Bertz CT molecular complexity index is 1990. The van der Waals surface area contributed by atoms with E-state index < -0.39 is 0 Å². The van der Waals surface area contributed by atoms with Crippen LogP contribution in [-0.4, -0.2) is 33.7 Å². The van der Waals surface area contributed by atoms with Gasteiger partial charge in [0.15, 0.2) is 10.9 Å². The lowest BCUT2D eigenvalue weighted by Crippen LogP contribution is -2.31. The van der Waals surface area contributed by atoms with E-state index >= 15 is 0 Å². The lowest BCUT2D eigenvalue weighted by atomic mass is 10.0. The van der Waals surface area contributed by atoms with Gasteiger partial charge in [-0.3, -0.25) is 14.2 Å². The summed E-state index contributed by atoms with van der Waals surface area (Å²) in [6.45, 7) is 1.05. The molecule has 0 radical (unpaired) electrons. The van der Waals surface area contributed by atoms with Crippen LogP contribution in [0.15, 0.2) is 101 Å². The van der Waals surface area contributed by atoms with E-state index in [1.54, 1.807) is 46.7 Å². The van der Waals surface area contributed by atoms with Crippen LogP contribution >= 0.6 is 11.8 Å². The number of thioether (sulfide) groups is 1. The van der Waals surface area contributed by atoms with E-state index in [0.29, 0.717) is 51.2 Å². The van der Waals surface area contributed by atoms with Gasteiger partial charge in [-0.25, -0.2) is 4.79 Å². The van der Waals surface area contributed by atoms with Crippen LogP contribution in [-0.2, 0) is 6.54 Å². The SMILES string of the molecule is CSCCCNC(=O)n1c2ccccc2c(=O)c2cc3c(cc21)c(=O)c1ccccc1n3Cc1ccccc1. The van der Waals surface area contributed by atoms with Crippen LogP contribution in [0.4, 0.5) is 4.79 Å². The molecule has 0 aliphatic rings. The molecule has 194 valence electrons. The first-order chi connectivity index (χ1) is 19.1. The van der Waals surface area contributed by atoms with Crippen molar-refractivity contribution in [2.45, 2.75) is 13.0 Å². The molecule has 0 aliphatic carbocycles. The lowest BCUT2D eigenvalue weighted by Gasteiger charge is -2.18. The van der Waals surface area contributed by atoms with E-state index in [1.807, 2.05) is 66.9 Å². The van der Waals surface area contributed by atoms with Gasteiger partial charge in [-0.05, 0) is 60.4 Å². The summed E-state index contributed by atoms with van der Waals surface area (Å²) in [4.78, 5) is 41.1. The Morgan fingerprint density at radius 1 is 0.718 bits per heavy atom. The zero-order valence-corrected chi connectivity index (χ0v) is 22.3. The molecular formula is C32H27N3O3S. The fourth-order valence-electron chi connectivity index (χ4n) is 5.31. The molecule has 0 atom stereocenters. The zero-order chi connectivity index (χ0) is 26.9. The normalized spacial score (nSPS) is 11.5. The predicted molar refractivity (Wildman–Crippen MR) is 162 cm³/mol. The quantitative estimate of drug-likeness (QED) is 0.211. The average molecular weight is 534 g/mol. The Labute approximate surface area is 228 Å². The summed E-state index contributed by atoms with van der Waals surface area (Å²) in [7, 11) is 0. The Morgan fingerprint density at radius 2 is 1.31 bits per heavy atom. The van der Waals surface area contributed by atoms with Gasteiger partial charge in [0.1, 0.15) is 0 Å². The minimum atomic E-state index is -0.318. The number of benzene rings is 4. The Morgan fingerprint density at radius 3 is 2.03 bits per heavy atom. The molecule has 6 rings (SSSR count). The fraction of sp³-hybridized carbons (Fsp3) is 0.156. The lowest BCUT2D eigenvalue weighted by molar-refractivity contribution is 0.244. The summed E-state index contributed by atoms with van der Waals surface area (Å²) in [6.07, 6.45) is 2.87. The monoisotopic (exact) mass is 533 g/mol. The van der Waals surface area contributed by atoms with Gasteiger partial charge in [-0.2, -0.15) is 11.8 Å². The number of pyridine rings is 2. The van der Waals surface area contributed by atoms with Crippen LogP contribution in [0.1, 0.15) is 12.0 Å². The third-order valence-corrected chi connectivity index (χ3v) is 7.85. The molecule has 2 heterocycles. The van der Waals surface area contributed by atoms with E-state index in [2.05, 4.69) is 9.88 Å². The van der Waals surface area contributed by atoms with Crippen molar-refractivity contribution in [1.29, 1.82) is 0 Å². The number of aromatic nitrogens is 2. The number of carbonyl (C=O) groups is 1. The smallest absolute Gasteiger partial charge is 0.326 e. The van der Waals surface area contributed by atoms with Crippen LogP contribution < -0.4 is 16.2 Å². The molecule has 4 aromatic carbocycles. The van der Waals surface area contributed by atoms with Gasteiger partial charge < -0.3 is 9.88 Å². The Balaban J connectivity index is 1.69. The van der Waals surface area contributed by atoms with E-state index in [9.17, 15) is 14.4 Å². The summed E-state index contributed by atoms with van der Waals surface area (Å²) in [6, 6.07) is 27.9. The Hall–Kier alpha value is -4.36. The number of nitrogens with zero attached hydrogens (tertiary/aromatic N) is 2. The van der Waals surface area contributed by atoms with Crippen molar-refractivity contribution in [1.82, 2.24) is 14.5 Å². The number of nitrogens with one attached hydrogen (secondary N) is 1. The van der Waals surface area contributed by atoms with E-state index in [-0.39, 0.29) is 16.9 Å². The van der Waals surface area contributed by atoms with Crippen molar-refractivity contribution >= 4 is 61.4 Å². The summed E-state index contributed by atoms with van der Waals surface area (Å²) in [5.41, 5.74) is 3.18. The second-order valence-electron chi connectivity index (χ2n) is 9.56. The molecule has 7 heteroatoms. The summed E-state index contributed by atoms with van der Waals surface area (Å²) >= 11 is 1.73. The molecule has 0 saturated heterocycles. The largest absolute Gasteiger partial charge is 0.337 e. The van der Waals surface area contributed by atoms with Gasteiger partial charge in [0.2, 0.25) is 0 Å². The minimum absolute atomic E-state index is 0.126. The van der Waals surface area contributed by atoms with Gasteiger partial charge >= 0.3 is 6.03 Å². The number of hydrogen-bond acceptors (Lipinski definition) is 4. The van der Waals surface area contributed by atoms with Gasteiger partial charge in [-0.1, -0.05) is 54.6 Å². The topological polar surface area (TPSA) is 73.1 Å². The molecule has 1 amide bonds. The highest BCUT2D eigenvalue weighted by molar-refractivity contribution is 7.98. The Kier molecular flexibility index (Phi) is 6.67. The second kappa shape index (κ2) is 10.4. The average Bonchev–Trinajstić information content (AvgIpc) is 2.97. The maximum atomic E-state index is 13.8. The van der Waals surface area contributed by atoms with Crippen LogP contribution in [0.5, 0.6) is 0 Å².